The van der Waals surface area contributed by atoms with E-state index in [-0.39, 0.29) is 12.4 Å². The number of esters is 1. The van der Waals surface area contributed by atoms with Crippen LogP contribution in [0.1, 0.15) is 34.8 Å². The first-order chi connectivity index (χ1) is 8.17. The topological polar surface area (TPSA) is 43.4 Å². The number of carbonyl (C=O) groups is 2. The van der Waals surface area contributed by atoms with Crippen LogP contribution in [-0.2, 0) is 9.53 Å². The third-order valence-electron chi connectivity index (χ3n) is 2.17. The number of benzene rings is 1. The van der Waals surface area contributed by atoms with Crippen LogP contribution in [-0.4, -0.2) is 18.9 Å². The summed E-state index contributed by atoms with van der Waals surface area (Å²) < 4.78 is 4.75. The first-order valence-corrected chi connectivity index (χ1v) is 5.37. The number of hydrogen-bond donors (Lipinski definition) is 0. The summed E-state index contributed by atoms with van der Waals surface area (Å²) in [7, 11) is 0. The maximum atomic E-state index is 11.0. The largest absolute Gasteiger partial charge is 0.465 e. The van der Waals surface area contributed by atoms with Gasteiger partial charge in [0.2, 0.25) is 0 Å². The van der Waals surface area contributed by atoms with Crippen molar-refractivity contribution in [3.05, 3.63) is 34.9 Å². The Balaban J connectivity index is 2.69. The lowest BCUT2D eigenvalue weighted by molar-refractivity contribution is -0.141. The van der Waals surface area contributed by atoms with E-state index < -0.39 is 0 Å². The molecule has 0 aliphatic heterocycles. The smallest absolute Gasteiger partial charge is 0.317 e. The molecule has 0 fully saturated rings. The van der Waals surface area contributed by atoms with Crippen LogP contribution in [0.5, 0.6) is 0 Å². The predicted octanol–water partition coefficient (Wildman–Crippen LogP) is 2.11. The quantitative estimate of drug-likeness (QED) is 0.454. The van der Waals surface area contributed by atoms with Crippen molar-refractivity contribution in [2.24, 2.45) is 0 Å². The monoisotopic (exact) mass is 230 g/mol. The Kier molecular flexibility index (Phi) is 4.96. The summed E-state index contributed by atoms with van der Waals surface area (Å²) in [6.07, 6.45) is 0.896. The van der Waals surface area contributed by atoms with Gasteiger partial charge in [0, 0.05) is 11.1 Å². The fourth-order valence-corrected chi connectivity index (χ4v) is 1.32. The second-order valence-electron chi connectivity index (χ2n) is 3.47. The fraction of sp³-hybridized carbons (Fsp3) is 0.286. The van der Waals surface area contributed by atoms with E-state index in [1.807, 2.05) is 13.0 Å². The van der Waals surface area contributed by atoms with Crippen molar-refractivity contribution in [1.29, 1.82) is 0 Å². The molecule has 1 rings (SSSR count). The molecule has 0 N–H and O–H groups in total. The maximum Gasteiger partial charge on any atom is 0.317 e. The molecule has 0 saturated carbocycles. The molecule has 0 amide bonds. The molecule has 0 aliphatic rings. The Labute approximate surface area is 101 Å². The van der Waals surface area contributed by atoms with Crippen molar-refractivity contribution in [3.8, 4) is 11.8 Å². The number of ether oxygens (including phenoxy) is 1. The summed E-state index contributed by atoms with van der Waals surface area (Å²) in [5, 5.41) is 0. The number of aldehydes is 1. The van der Waals surface area contributed by atoms with Gasteiger partial charge in [0.15, 0.2) is 0 Å². The van der Waals surface area contributed by atoms with Crippen LogP contribution >= 0.6 is 0 Å². The van der Waals surface area contributed by atoms with Crippen molar-refractivity contribution in [1.82, 2.24) is 0 Å². The van der Waals surface area contributed by atoms with Crippen molar-refractivity contribution in [2.45, 2.75) is 20.3 Å². The van der Waals surface area contributed by atoms with E-state index in [9.17, 15) is 9.59 Å². The molecule has 0 aliphatic carbocycles. The molecule has 0 atom stereocenters. The Morgan fingerprint density at radius 2 is 2.24 bits per heavy atom. The van der Waals surface area contributed by atoms with Gasteiger partial charge in [-0.3, -0.25) is 9.59 Å². The highest BCUT2D eigenvalue weighted by Crippen LogP contribution is 2.08. The van der Waals surface area contributed by atoms with Crippen LogP contribution in [0.2, 0.25) is 0 Å². The molecule has 88 valence electrons. The molecule has 3 nitrogen and oxygen atoms in total. The molecule has 0 aromatic heterocycles. The van der Waals surface area contributed by atoms with Gasteiger partial charge in [-0.1, -0.05) is 17.9 Å². The third-order valence-corrected chi connectivity index (χ3v) is 2.17. The Bertz CT molecular complexity index is 478. The number of carbonyl (C=O) groups excluding carboxylic acids is 2. The normalized spacial score (nSPS) is 9.06. The molecule has 1 aromatic carbocycles. The number of hydrogen-bond acceptors (Lipinski definition) is 3. The van der Waals surface area contributed by atoms with Crippen LogP contribution < -0.4 is 0 Å². The highest BCUT2D eigenvalue weighted by atomic mass is 16.5. The standard InChI is InChI=1S/C14H14O3/c1-3-17-14(16)6-4-5-12-7-8-13(10-15)11(2)9-12/h7-10H,3,6H2,1-2H3. The second kappa shape index (κ2) is 6.49. The minimum atomic E-state index is -0.318. The zero-order valence-electron chi connectivity index (χ0n) is 9.95. The SMILES string of the molecule is CCOC(=O)CC#Cc1ccc(C=O)c(C)c1. The average Bonchev–Trinajstić information content (AvgIpc) is 2.29. The summed E-state index contributed by atoms with van der Waals surface area (Å²) in [6, 6.07) is 5.30. The van der Waals surface area contributed by atoms with E-state index >= 15 is 0 Å². The number of aryl methyl sites for hydroxylation is 1. The van der Waals surface area contributed by atoms with Crippen LogP contribution in [0.3, 0.4) is 0 Å². The predicted molar refractivity (Wildman–Crippen MR) is 64.7 cm³/mol. The van der Waals surface area contributed by atoms with Gasteiger partial charge in [-0.15, -0.1) is 0 Å². The third kappa shape index (κ3) is 4.12. The highest BCUT2D eigenvalue weighted by molar-refractivity contribution is 5.77. The molecule has 1 aromatic rings. The van der Waals surface area contributed by atoms with E-state index in [4.69, 9.17) is 4.74 Å². The minimum Gasteiger partial charge on any atom is -0.465 e. The molecule has 0 heterocycles. The Morgan fingerprint density at radius 3 is 2.82 bits per heavy atom. The van der Waals surface area contributed by atoms with Gasteiger partial charge in [-0.25, -0.2) is 0 Å². The second-order valence-corrected chi connectivity index (χ2v) is 3.47. The molecule has 0 spiro atoms. The van der Waals surface area contributed by atoms with E-state index in [1.165, 1.54) is 0 Å². The van der Waals surface area contributed by atoms with Gasteiger partial charge in [0.25, 0.3) is 0 Å². The molecular formula is C14H14O3. The summed E-state index contributed by atoms with van der Waals surface area (Å²) in [5.41, 5.74) is 2.32. The zero-order chi connectivity index (χ0) is 12.7. The number of rotatable bonds is 3. The maximum absolute atomic E-state index is 11.0. The molecular weight excluding hydrogens is 216 g/mol. The molecule has 0 saturated heterocycles. The average molecular weight is 230 g/mol. The van der Waals surface area contributed by atoms with E-state index in [1.54, 1.807) is 19.1 Å². The van der Waals surface area contributed by atoms with Crippen LogP contribution in [0.25, 0.3) is 0 Å². The van der Waals surface area contributed by atoms with Gasteiger partial charge >= 0.3 is 5.97 Å². The summed E-state index contributed by atoms with van der Waals surface area (Å²) >= 11 is 0. The van der Waals surface area contributed by atoms with Crippen LogP contribution in [0.15, 0.2) is 18.2 Å². The van der Waals surface area contributed by atoms with Gasteiger partial charge in [0.1, 0.15) is 12.7 Å². The van der Waals surface area contributed by atoms with Crippen LogP contribution in [0.4, 0.5) is 0 Å². The molecule has 17 heavy (non-hydrogen) atoms. The minimum absolute atomic E-state index is 0.0856. The van der Waals surface area contributed by atoms with Gasteiger partial charge in [-0.05, 0) is 31.5 Å². The van der Waals surface area contributed by atoms with Crippen molar-refractivity contribution in [2.75, 3.05) is 6.61 Å². The molecule has 0 bridgehead atoms. The van der Waals surface area contributed by atoms with E-state index in [0.29, 0.717) is 12.2 Å². The molecule has 0 radical (unpaired) electrons. The van der Waals surface area contributed by atoms with E-state index in [2.05, 4.69) is 11.8 Å². The highest BCUT2D eigenvalue weighted by Gasteiger charge is 1.98. The molecule has 0 unspecified atom stereocenters. The zero-order valence-corrected chi connectivity index (χ0v) is 9.95. The lowest BCUT2D eigenvalue weighted by Crippen LogP contribution is -2.01. The fourth-order valence-electron chi connectivity index (χ4n) is 1.32. The first-order valence-electron chi connectivity index (χ1n) is 5.37. The lowest BCUT2D eigenvalue weighted by Gasteiger charge is -1.98. The summed E-state index contributed by atoms with van der Waals surface area (Å²) in [4.78, 5) is 21.6. The Morgan fingerprint density at radius 1 is 1.47 bits per heavy atom. The van der Waals surface area contributed by atoms with Crippen molar-refractivity contribution >= 4 is 12.3 Å². The van der Waals surface area contributed by atoms with Crippen molar-refractivity contribution in [3.63, 3.8) is 0 Å². The summed E-state index contributed by atoms with van der Waals surface area (Å²) in [6.45, 7) is 3.97. The molecule has 3 heteroatoms. The van der Waals surface area contributed by atoms with Gasteiger partial charge < -0.3 is 4.74 Å². The lowest BCUT2D eigenvalue weighted by atomic mass is 10.1. The van der Waals surface area contributed by atoms with Crippen molar-refractivity contribution < 1.29 is 14.3 Å². The van der Waals surface area contributed by atoms with Gasteiger partial charge in [0.05, 0.1) is 6.61 Å². The summed E-state index contributed by atoms with van der Waals surface area (Å²) in [5.74, 6) is 5.28. The van der Waals surface area contributed by atoms with Crippen LogP contribution in [0, 0.1) is 18.8 Å². The van der Waals surface area contributed by atoms with E-state index in [0.717, 1.165) is 17.4 Å². The van der Waals surface area contributed by atoms with Gasteiger partial charge in [-0.2, -0.15) is 0 Å². The first kappa shape index (κ1) is 13.0. The Hall–Kier alpha value is -2.08.